The molecule has 0 fully saturated rings. The first-order valence-electron chi connectivity index (χ1n) is 18.5. The highest BCUT2D eigenvalue weighted by Gasteiger charge is 2.36. The van der Waals surface area contributed by atoms with Gasteiger partial charge in [-0.15, -0.1) is 0 Å². The summed E-state index contributed by atoms with van der Waals surface area (Å²) in [5.74, 6) is 2.40. The quantitative estimate of drug-likeness (QED) is 0.231. The molecule has 3 heteroatoms. The number of fused-ring (bicyclic) bond motifs is 6. The van der Waals surface area contributed by atoms with Gasteiger partial charge in [-0.25, -0.2) is 4.99 Å². The highest BCUT2D eigenvalue weighted by atomic mass is 16.5. The van der Waals surface area contributed by atoms with Crippen LogP contribution in [-0.2, 0) is 6.42 Å². The lowest BCUT2D eigenvalue weighted by Crippen LogP contribution is -2.41. The van der Waals surface area contributed by atoms with E-state index in [4.69, 9.17) is 9.73 Å². The number of hydrogen-bond donors (Lipinski definition) is 1. The van der Waals surface area contributed by atoms with Gasteiger partial charge in [-0.3, -0.25) is 0 Å². The molecule has 0 aromatic heterocycles. The monoisotopic (exact) mass is 660 g/mol. The van der Waals surface area contributed by atoms with Crippen molar-refractivity contribution in [2.45, 2.75) is 50.2 Å². The third kappa shape index (κ3) is 5.49. The lowest BCUT2D eigenvalue weighted by molar-refractivity contribution is 0.271. The Morgan fingerprint density at radius 2 is 1.65 bits per heavy atom. The lowest BCUT2D eigenvalue weighted by atomic mass is 9.82. The Bertz CT molecular complexity index is 2360. The van der Waals surface area contributed by atoms with Gasteiger partial charge >= 0.3 is 0 Å². The van der Waals surface area contributed by atoms with Crippen LogP contribution in [0.3, 0.4) is 0 Å². The number of hydrogen-bond acceptors (Lipinski definition) is 3. The zero-order chi connectivity index (χ0) is 33.7. The van der Waals surface area contributed by atoms with Crippen LogP contribution in [0.5, 0.6) is 5.75 Å². The smallest absolute Gasteiger partial charge is 0.134 e. The molecule has 0 saturated carbocycles. The average molecular weight is 661 g/mol. The molecule has 1 N–H and O–H groups in total. The molecule has 4 unspecified atom stereocenters. The summed E-state index contributed by atoms with van der Waals surface area (Å²) < 4.78 is 6.80. The van der Waals surface area contributed by atoms with Crippen molar-refractivity contribution < 1.29 is 4.74 Å². The number of nitrogens with one attached hydrogen (secondary N) is 1. The largest absolute Gasteiger partial charge is 0.484 e. The summed E-state index contributed by atoms with van der Waals surface area (Å²) in [5, 5.41) is 6.11. The molecule has 0 amide bonds. The number of nitrogens with zero attached hydrogens (tertiary/aromatic N) is 1. The molecule has 248 valence electrons. The Labute approximate surface area is 300 Å². The number of aryl methyl sites for hydroxylation is 1. The zero-order valence-electron chi connectivity index (χ0n) is 28.6. The van der Waals surface area contributed by atoms with E-state index in [1.807, 2.05) is 0 Å². The summed E-state index contributed by atoms with van der Waals surface area (Å²) in [6.45, 7) is 0. The van der Waals surface area contributed by atoms with Crippen molar-refractivity contribution in [2.75, 3.05) is 0 Å². The maximum atomic E-state index is 6.80. The van der Waals surface area contributed by atoms with Gasteiger partial charge in [0, 0.05) is 33.9 Å². The molecule has 3 nitrogen and oxygen atoms in total. The standard InChI is InChI=1S/C48H40N2O/c1-3-13-32(14-4-1)44-30-45(50-48(49-44)33-15-5-2-6-16-33)41-29-43-42-28-38(24-25-46(42)51-47(43)40-21-10-9-20-39(40)41)36-19-11-18-35(27-36)37-23-22-31-12-7-8-17-34(31)26-37/h1-7,9-10,12-13,15-16,19-30,32,42,44,46H,8,11,14,17-18H2,(H,49,50). The number of rotatable bonds is 5. The predicted octanol–water partition coefficient (Wildman–Crippen LogP) is 10.8. The average Bonchev–Trinajstić information content (AvgIpc) is 3.59. The summed E-state index contributed by atoms with van der Waals surface area (Å²) >= 11 is 0. The Kier molecular flexibility index (Phi) is 7.45. The first-order chi connectivity index (χ1) is 25.2. The molecule has 4 aliphatic carbocycles. The van der Waals surface area contributed by atoms with Crippen molar-refractivity contribution in [1.82, 2.24) is 5.32 Å². The summed E-state index contributed by atoms with van der Waals surface area (Å²) in [4.78, 5) is 5.33. The van der Waals surface area contributed by atoms with E-state index in [1.54, 1.807) is 0 Å². The van der Waals surface area contributed by atoms with Crippen LogP contribution in [0.4, 0.5) is 0 Å². The number of ether oxygens (including phenoxy) is 1. The maximum absolute atomic E-state index is 6.80. The van der Waals surface area contributed by atoms with Crippen molar-refractivity contribution in [3.05, 3.63) is 190 Å². The number of allylic oxidation sites excluding steroid dienone is 10. The second kappa shape index (κ2) is 12.6. The van der Waals surface area contributed by atoms with Gasteiger partial charge in [0.25, 0.3) is 0 Å². The maximum Gasteiger partial charge on any atom is 0.134 e. The van der Waals surface area contributed by atoms with Crippen LogP contribution in [0.25, 0.3) is 28.1 Å². The van der Waals surface area contributed by atoms with E-state index < -0.39 is 0 Å². The Hall–Kier alpha value is -5.67. The van der Waals surface area contributed by atoms with Gasteiger partial charge in [0.15, 0.2) is 0 Å². The van der Waals surface area contributed by atoms with E-state index in [2.05, 4.69) is 157 Å². The van der Waals surface area contributed by atoms with Crippen LogP contribution in [0.2, 0.25) is 0 Å². The summed E-state index contributed by atoms with van der Waals surface area (Å²) in [5.41, 5.74) is 12.7. The topological polar surface area (TPSA) is 33.6 Å². The van der Waals surface area contributed by atoms with E-state index in [0.717, 1.165) is 65.9 Å². The van der Waals surface area contributed by atoms with Gasteiger partial charge in [-0.05, 0) is 89.1 Å². The van der Waals surface area contributed by atoms with Crippen LogP contribution < -0.4 is 10.1 Å². The highest BCUT2D eigenvalue weighted by Crippen LogP contribution is 2.49. The molecule has 0 spiro atoms. The van der Waals surface area contributed by atoms with Crippen LogP contribution in [0.15, 0.2) is 162 Å². The van der Waals surface area contributed by atoms with Crippen molar-refractivity contribution in [3.8, 4) is 5.75 Å². The van der Waals surface area contributed by atoms with Crippen molar-refractivity contribution in [3.63, 3.8) is 0 Å². The van der Waals surface area contributed by atoms with Gasteiger partial charge in [0.1, 0.15) is 17.7 Å². The summed E-state index contributed by atoms with van der Waals surface area (Å²) in [6.07, 6.45) is 33.0. The molecule has 4 atom stereocenters. The first kappa shape index (κ1) is 30.2. The summed E-state index contributed by atoms with van der Waals surface area (Å²) in [7, 11) is 0. The van der Waals surface area contributed by atoms with E-state index in [1.165, 1.54) is 44.4 Å². The Morgan fingerprint density at radius 3 is 2.55 bits per heavy atom. The number of benzene rings is 4. The minimum atomic E-state index is -0.0268. The SMILES string of the molecule is C1=CCC(C2C=C(c3cc4c(c5ccccc35)OC3C=CC(C5=CCCC(c6ccc7c(c6)CCC=C7)=C5)=CC43)N=C(c3ccccc3)N2)C=C1. The normalized spacial score (nSPS) is 24.3. The van der Waals surface area contributed by atoms with E-state index in [9.17, 15) is 0 Å². The molecule has 2 heterocycles. The molecule has 2 aliphatic heterocycles. The molecular weight excluding hydrogens is 621 g/mol. The van der Waals surface area contributed by atoms with Gasteiger partial charge in [0.2, 0.25) is 0 Å². The van der Waals surface area contributed by atoms with Crippen LogP contribution >= 0.6 is 0 Å². The van der Waals surface area contributed by atoms with E-state index in [0.29, 0.717) is 5.92 Å². The molecule has 0 saturated heterocycles. The second-order valence-electron chi connectivity index (χ2n) is 14.5. The molecule has 6 aliphatic rings. The van der Waals surface area contributed by atoms with Crippen LogP contribution in [0, 0.1) is 5.92 Å². The minimum Gasteiger partial charge on any atom is -0.484 e. The molecule has 0 bridgehead atoms. The fourth-order valence-electron chi connectivity index (χ4n) is 8.65. The van der Waals surface area contributed by atoms with Gasteiger partial charge < -0.3 is 10.1 Å². The van der Waals surface area contributed by atoms with Crippen LogP contribution in [-0.4, -0.2) is 18.0 Å². The van der Waals surface area contributed by atoms with E-state index >= 15 is 0 Å². The van der Waals surface area contributed by atoms with Crippen molar-refractivity contribution in [1.29, 1.82) is 0 Å². The number of aliphatic imine (C=N–C) groups is 1. The molecular formula is C48H40N2O. The third-order valence-corrected chi connectivity index (χ3v) is 11.3. The highest BCUT2D eigenvalue weighted by molar-refractivity contribution is 6.06. The zero-order valence-corrected chi connectivity index (χ0v) is 28.6. The fourth-order valence-corrected chi connectivity index (χ4v) is 8.65. The molecule has 10 rings (SSSR count). The Balaban J connectivity index is 1.05. The molecule has 4 aromatic carbocycles. The lowest BCUT2D eigenvalue weighted by Gasteiger charge is -2.29. The van der Waals surface area contributed by atoms with Crippen molar-refractivity contribution in [2.24, 2.45) is 10.9 Å². The Morgan fingerprint density at radius 1 is 0.745 bits per heavy atom. The number of amidine groups is 1. The predicted molar refractivity (Wildman–Crippen MR) is 212 cm³/mol. The van der Waals surface area contributed by atoms with Gasteiger partial charge in [-0.2, -0.15) is 0 Å². The third-order valence-electron chi connectivity index (χ3n) is 11.3. The fraction of sp³-hybridized carbons (Fsp3) is 0.188. The molecule has 51 heavy (non-hydrogen) atoms. The molecule has 0 radical (unpaired) electrons. The first-order valence-corrected chi connectivity index (χ1v) is 18.5. The van der Waals surface area contributed by atoms with Gasteiger partial charge in [-0.1, -0.05) is 134 Å². The summed E-state index contributed by atoms with van der Waals surface area (Å²) in [6, 6.07) is 28.8. The van der Waals surface area contributed by atoms with Gasteiger partial charge in [0.05, 0.1) is 11.7 Å². The molecule has 4 aromatic rings. The van der Waals surface area contributed by atoms with Crippen molar-refractivity contribution >= 4 is 34.0 Å². The second-order valence-corrected chi connectivity index (χ2v) is 14.5. The van der Waals surface area contributed by atoms with Crippen LogP contribution in [0.1, 0.15) is 65.0 Å². The van der Waals surface area contributed by atoms with E-state index in [-0.39, 0.29) is 18.1 Å². The minimum absolute atomic E-state index is 0.0268.